The van der Waals surface area contributed by atoms with Crippen molar-refractivity contribution in [3.05, 3.63) is 83.2 Å². The number of carboxylic acids is 1. The molecule has 0 bridgehead atoms. The van der Waals surface area contributed by atoms with Crippen molar-refractivity contribution in [1.82, 2.24) is 40.3 Å². The fraction of sp³-hybridized carbons (Fsp3) is 0.320. The summed E-state index contributed by atoms with van der Waals surface area (Å²) in [6.45, 7) is 0. The molecular formula is C25H26N8O3. The molecule has 4 aromatic rings. The standard InChI is InChI=1S/C25H26N8O3/c1-32-23-20(8-5-9-21(23)29-30-32)24(34)27-17(12-16-6-3-2-4-7-16)13-18-15-33(31-28-18)19-10-11-26-22(14-19)25(35)36/h2-4,6-7,10-11,14-15,17,20H,5,8-9,12-13H2,1H3,(H,27,34)(H,35,36). The summed E-state index contributed by atoms with van der Waals surface area (Å²) in [5, 5.41) is 29.2. The summed E-state index contributed by atoms with van der Waals surface area (Å²) < 4.78 is 3.22. The van der Waals surface area contributed by atoms with Gasteiger partial charge in [0.1, 0.15) is 5.69 Å². The van der Waals surface area contributed by atoms with E-state index in [1.807, 2.05) is 37.4 Å². The van der Waals surface area contributed by atoms with E-state index in [2.05, 4.69) is 30.9 Å². The second kappa shape index (κ2) is 10.1. The lowest BCUT2D eigenvalue weighted by Gasteiger charge is -2.25. The van der Waals surface area contributed by atoms with Crippen LogP contribution in [0.5, 0.6) is 0 Å². The molecule has 2 atom stereocenters. The number of amides is 1. The largest absolute Gasteiger partial charge is 0.477 e. The van der Waals surface area contributed by atoms with Crippen molar-refractivity contribution < 1.29 is 14.7 Å². The van der Waals surface area contributed by atoms with Gasteiger partial charge in [0.15, 0.2) is 0 Å². The molecule has 0 saturated heterocycles. The number of carboxylic acid groups (broad SMARTS) is 1. The maximum atomic E-state index is 13.4. The van der Waals surface area contributed by atoms with E-state index in [-0.39, 0.29) is 23.6 Å². The molecule has 0 aliphatic heterocycles. The van der Waals surface area contributed by atoms with Gasteiger partial charge in [0.25, 0.3) is 0 Å². The second-order valence-corrected chi connectivity index (χ2v) is 8.95. The minimum Gasteiger partial charge on any atom is -0.477 e. The first-order valence-electron chi connectivity index (χ1n) is 11.8. The Bertz CT molecular complexity index is 1380. The summed E-state index contributed by atoms with van der Waals surface area (Å²) in [6, 6.07) is 12.9. The van der Waals surface area contributed by atoms with E-state index in [4.69, 9.17) is 0 Å². The van der Waals surface area contributed by atoms with Crippen molar-refractivity contribution in [2.45, 2.75) is 44.1 Å². The molecule has 0 radical (unpaired) electrons. The number of aromatic nitrogens is 7. The Balaban J connectivity index is 1.36. The topological polar surface area (TPSA) is 141 Å². The van der Waals surface area contributed by atoms with Gasteiger partial charge in [-0.3, -0.25) is 9.48 Å². The number of nitrogens with one attached hydrogen (secondary N) is 1. The molecule has 1 aliphatic rings. The molecule has 184 valence electrons. The van der Waals surface area contributed by atoms with Gasteiger partial charge in [-0.25, -0.2) is 14.5 Å². The molecule has 36 heavy (non-hydrogen) atoms. The Morgan fingerprint density at radius 2 is 1.97 bits per heavy atom. The van der Waals surface area contributed by atoms with Gasteiger partial charge in [0, 0.05) is 25.7 Å². The van der Waals surface area contributed by atoms with Gasteiger partial charge in [-0.2, -0.15) is 0 Å². The molecule has 1 aromatic carbocycles. The van der Waals surface area contributed by atoms with Gasteiger partial charge in [0.2, 0.25) is 5.91 Å². The highest BCUT2D eigenvalue weighted by atomic mass is 16.4. The van der Waals surface area contributed by atoms with Gasteiger partial charge in [0.05, 0.1) is 34.9 Å². The smallest absolute Gasteiger partial charge is 0.354 e. The average molecular weight is 487 g/mol. The van der Waals surface area contributed by atoms with Crippen LogP contribution in [0.4, 0.5) is 0 Å². The quantitative estimate of drug-likeness (QED) is 0.385. The molecular weight excluding hydrogens is 460 g/mol. The number of hydrogen-bond donors (Lipinski definition) is 2. The summed E-state index contributed by atoms with van der Waals surface area (Å²) in [5.74, 6) is -1.46. The molecule has 3 heterocycles. The zero-order chi connectivity index (χ0) is 25.1. The average Bonchev–Trinajstić information content (AvgIpc) is 3.51. The van der Waals surface area contributed by atoms with Crippen molar-refractivity contribution in [3.8, 4) is 5.69 Å². The maximum absolute atomic E-state index is 13.4. The van der Waals surface area contributed by atoms with Crippen molar-refractivity contribution in [2.24, 2.45) is 7.05 Å². The number of carbonyl (C=O) groups excluding carboxylic acids is 1. The summed E-state index contributed by atoms with van der Waals surface area (Å²) >= 11 is 0. The monoisotopic (exact) mass is 486 g/mol. The van der Waals surface area contributed by atoms with E-state index in [0.29, 0.717) is 24.2 Å². The van der Waals surface area contributed by atoms with Crippen molar-refractivity contribution in [2.75, 3.05) is 0 Å². The summed E-state index contributed by atoms with van der Waals surface area (Å²) in [6.07, 6.45) is 6.73. The highest BCUT2D eigenvalue weighted by Gasteiger charge is 2.32. The van der Waals surface area contributed by atoms with Crippen LogP contribution >= 0.6 is 0 Å². The number of nitrogens with zero attached hydrogens (tertiary/aromatic N) is 7. The molecule has 11 nitrogen and oxygen atoms in total. The zero-order valence-corrected chi connectivity index (χ0v) is 19.8. The Morgan fingerprint density at radius 1 is 1.14 bits per heavy atom. The molecule has 1 aliphatic carbocycles. The number of rotatable bonds is 8. The van der Waals surface area contributed by atoms with Gasteiger partial charge >= 0.3 is 5.97 Å². The zero-order valence-electron chi connectivity index (χ0n) is 19.8. The third-order valence-corrected chi connectivity index (χ3v) is 6.39. The molecule has 1 amide bonds. The number of hydrogen-bond acceptors (Lipinski definition) is 7. The molecule has 0 spiro atoms. The first-order valence-corrected chi connectivity index (χ1v) is 11.8. The summed E-state index contributed by atoms with van der Waals surface area (Å²) in [7, 11) is 1.83. The van der Waals surface area contributed by atoms with Crippen LogP contribution in [-0.2, 0) is 31.1 Å². The van der Waals surface area contributed by atoms with Crippen LogP contribution in [0.15, 0.2) is 54.9 Å². The summed E-state index contributed by atoms with van der Waals surface area (Å²) in [4.78, 5) is 28.6. The molecule has 2 N–H and O–H groups in total. The van der Waals surface area contributed by atoms with Gasteiger partial charge in [-0.15, -0.1) is 10.2 Å². The van der Waals surface area contributed by atoms with Crippen LogP contribution in [-0.4, -0.2) is 58.0 Å². The molecule has 2 unspecified atom stereocenters. The first-order chi connectivity index (χ1) is 17.5. The molecule has 11 heteroatoms. The van der Waals surface area contributed by atoms with E-state index < -0.39 is 5.97 Å². The number of fused-ring (bicyclic) bond motifs is 1. The Hall–Kier alpha value is -4.41. The van der Waals surface area contributed by atoms with Crippen LogP contribution in [0.2, 0.25) is 0 Å². The fourth-order valence-electron chi connectivity index (χ4n) is 4.70. The van der Waals surface area contributed by atoms with Crippen LogP contribution in [0, 0.1) is 0 Å². The van der Waals surface area contributed by atoms with E-state index in [0.717, 1.165) is 36.2 Å². The van der Waals surface area contributed by atoms with E-state index in [9.17, 15) is 14.7 Å². The summed E-state index contributed by atoms with van der Waals surface area (Å²) in [5.41, 5.74) is 4.02. The Kier molecular flexibility index (Phi) is 6.52. The Morgan fingerprint density at radius 3 is 2.78 bits per heavy atom. The SMILES string of the molecule is Cn1nnc2c1C(C(=O)NC(Cc1ccccc1)Cc1cn(-c3ccnc(C(=O)O)c3)nn1)CCC2. The number of aryl methyl sites for hydroxylation is 2. The lowest BCUT2D eigenvalue weighted by Crippen LogP contribution is -2.42. The third kappa shape index (κ3) is 4.99. The van der Waals surface area contributed by atoms with Gasteiger partial charge < -0.3 is 10.4 Å². The van der Waals surface area contributed by atoms with Crippen LogP contribution in [0.1, 0.15) is 51.9 Å². The number of carbonyl (C=O) groups is 2. The van der Waals surface area contributed by atoms with Crippen molar-refractivity contribution >= 4 is 11.9 Å². The normalized spacial score (nSPS) is 15.8. The molecule has 0 fully saturated rings. The highest BCUT2D eigenvalue weighted by molar-refractivity contribution is 5.86. The second-order valence-electron chi connectivity index (χ2n) is 8.95. The van der Waals surface area contributed by atoms with Crippen molar-refractivity contribution in [3.63, 3.8) is 0 Å². The van der Waals surface area contributed by atoms with Crippen LogP contribution in [0.25, 0.3) is 5.69 Å². The molecule has 0 saturated carbocycles. The number of benzene rings is 1. The lowest BCUT2D eigenvalue weighted by atomic mass is 9.88. The fourth-order valence-corrected chi connectivity index (χ4v) is 4.70. The number of pyridine rings is 1. The lowest BCUT2D eigenvalue weighted by molar-refractivity contribution is -0.123. The van der Waals surface area contributed by atoms with E-state index in [1.165, 1.54) is 16.9 Å². The van der Waals surface area contributed by atoms with Crippen molar-refractivity contribution in [1.29, 1.82) is 0 Å². The van der Waals surface area contributed by atoms with E-state index >= 15 is 0 Å². The molecule has 3 aromatic heterocycles. The minimum atomic E-state index is -1.11. The highest BCUT2D eigenvalue weighted by Crippen LogP contribution is 2.30. The minimum absolute atomic E-state index is 0.0464. The van der Waals surface area contributed by atoms with E-state index in [1.54, 1.807) is 16.9 Å². The van der Waals surface area contributed by atoms with Crippen LogP contribution in [0.3, 0.4) is 0 Å². The predicted octanol–water partition coefficient (Wildman–Crippen LogP) is 1.88. The van der Waals surface area contributed by atoms with Crippen LogP contribution < -0.4 is 5.32 Å². The first kappa shape index (κ1) is 23.3. The van der Waals surface area contributed by atoms with Gasteiger partial charge in [-0.05, 0) is 43.4 Å². The Labute approximate surface area is 207 Å². The van der Waals surface area contributed by atoms with Gasteiger partial charge in [-0.1, -0.05) is 40.8 Å². The predicted molar refractivity (Wildman–Crippen MR) is 129 cm³/mol. The number of aromatic carboxylic acids is 1. The molecule has 5 rings (SSSR count). The third-order valence-electron chi connectivity index (χ3n) is 6.39. The maximum Gasteiger partial charge on any atom is 0.354 e.